The van der Waals surface area contributed by atoms with Crippen LogP contribution in [0.2, 0.25) is 0 Å². The molecule has 0 aliphatic carbocycles. The summed E-state index contributed by atoms with van der Waals surface area (Å²) >= 11 is 2.02. The minimum atomic E-state index is 0.155. The average molecular weight is 228 g/mol. The molecule has 15 heavy (non-hydrogen) atoms. The van der Waals surface area contributed by atoms with Crippen LogP contribution in [0, 0.1) is 5.92 Å². The molecule has 2 aliphatic heterocycles. The van der Waals surface area contributed by atoms with Crippen molar-refractivity contribution < 1.29 is 4.79 Å². The second-order valence-corrected chi connectivity index (χ2v) is 5.71. The fourth-order valence-corrected chi connectivity index (χ4v) is 3.44. The Labute approximate surface area is 96.0 Å². The summed E-state index contributed by atoms with van der Waals surface area (Å²) in [4.78, 5) is 14.3. The molecular formula is C11H20N2OS. The molecule has 0 aromatic heterocycles. The molecule has 1 unspecified atom stereocenters. The molecule has 0 bridgehead atoms. The average Bonchev–Trinajstić information content (AvgIpc) is 2.44. The molecule has 1 atom stereocenters. The van der Waals surface area contributed by atoms with E-state index in [9.17, 15) is 4.79 Å². The summed E-state index contributed by atoms with van der Waals surface area (Å²) in [5.74, 6) is 2.95. The number of hydrogen-bond donors (Lipinski definition) is 1. The summed E-state index contributed by atoms with van der Waals surface area (Å²) in [5, 5.41) is 3.33. The Balaban J connectivity index is 2.00. The molecule has 0 spiro atoms. The maximum atomic E-state index is 12.1. The fraction of sp³-hybridized carbons (Fsp3) is 0.909. The quantitative estimate of drug-likeness (QED) is 0.725. The number of amides is 1. The first kappa shape index (κ1) is 11.3. The molecule has 0 aromatic carbocycles. The van der Waals surface area contributed by atoms with Gasteiger partial charge in [-0.25, -0.2) is 0 Å². The Hall–Kier alpha value is -0.220. The number of nitrogens with one attached hydrogen (secondary N) is 1. The van der Waals surface area contributed by atoms with Crippen LogP contribution in [0.25, 0.3) is 0 Å². The van der Waals surface area contributed by atoms with Crippen LogP contribution >= 0.6 is 11.8 Å². The van der Waals surface area contributed by atoms with Gasteiger partial charge >= 0.3 is 0 Å². The highest BCUT2D eigenvalue weighted by Crippen LogP contribution is 2.23. The normalized spacial score (nSPS) is 30.3. The molecule has 2 fully saturated rings. The van der Waals surface area contributed by atoms with Gasteiger partial charge < -0.3 is 10.2 Å². The van der Waals surface area contributed by atoms with E-state index in [2.05, 4.69) is 10.2 Å². The van der Waals surface area contributed by atoms with Gasteiger partial charge in [0.2, 0.25) is 5.91 Å². The molecule has 0 aromatic rings. The Morgan fingerprint density at radius 1 is 1.40 bits per heavy atom. The third-order valence-electron chi connectivity index (χ3n) is 3.32. The Bertz CT molecular complexity index is 229. The van der Waals surface area contributed by atoms with Crippen LogP contribution in [0.3, 0.4) is 0 Å². The maximum absolute atomic E-state index is 12.1. The summed E-state index contributed by atoms with van der Waals surface area (Å²) in [7, 11) is 0. The van der Waals surface area contributed by atoms with E-state index < -0.39 is 0 Å². The van der Waals surface area contributed by atoms with E-state index in [1.165, 1.54) is 24.3 Å². The van der Waals surface area contributed by atoms with Gasteiger partial charge in [-0.1, -0.05) is 6.92 Å². The summed E-state index contributed by atoms with van der Waals surface area (Å²) in [6.45, 7) is 4.74. The third kappa shape index (κ3) is 2.67. The van der Waals surface area contributed by atoms with Gasteiger partial charge in [-0.15, -0.1) is 0 Å². The second-order valence-electron chi connectivity index (χ2n) is 4.48. The molecule has 2 rings (SSSR count). The lowest BCUT2D eigenvalue weighted by Gasteiger charge is -2.34. The first-order valence-corrected chi connectivity index (χ1v) is 7.03. The lowest BCUT2D eigenvalue weighted by Crippen LogP contribution is -2.45. The number of thioether (sulfide) groups is 1. The summed E-state index contributed by atoms with van der Waals surface area (Å²) in [6, 6.07) is 0.515. The number of rotatable bonds is 1. The molecule has 3 nitrogen and oxygen atoms in total. The number of nitrogens with zero attached hydrogens (tertiary/aromatic N) is 1. The van der Waals surface area contributed by atoms with Crippen molar-refractivity contribution in [2.45, 2.75) is 25.8 Å². The highest BCUT2D eigenvalue weighted by atomic mass is 32.2. The van der Waals surface area contributed by atoms with Gasteiger partial charge in [-0.2, -0.15) is 11.8 Å². The van der Waals surface area contributed by atoms with Gasteiger partial charge in [-0.05, 0) is 24.3 Å². The predicted molar refractivity (Wildman–Crippen MR) is 64.1 cm³/mol. The van der Waals surface area contributed by atoms with Crippen LogP contribution in [0.1, 0.15) is 19.8 Å². The molecule has 0 saturated carbocycles. The van der Waals surface area contributed by atoms with Crippen LogP contribution < -0.4 is 5.32 Å². The third-order valence-corrected chi connectivity index (χ3v) is 4.37. The van der Waals surface area contributed by atoms with Gasteiger partial charge in [0.25, 0.3) is 0 Å². The number of carbonyl (C=O) groups excluding carboxylic acids is 1. The van der Waals surface area contributed by atoms with Crippen molar-refractivity contribution >= 4 is 17.7 Å². The fourth-order valence-electron chi connectivity index (χ4n) is 2.36. The summed E-state index contributed by atoms with van der Waals surface area (Å²) in [6.07, 6.45) is 2.37. The molecule has 1 amide bonds. The van der Waals surface area contributed by atoms with Crippen LogP contribution in [-0.2, 0) is 4.79 Å². The zero-order chi connectivity index (χ0) is 10.7. The van der Waals surface area contributed by atoms with Crippen molar-refractivity contribution in [2.24, 2.45) is 5.92 Å². The van der Waals surface area contributed by atoms with E-state index in [1.807, 2.05) is 18.7 Å². The molecule has 2 heterocycles. The summed E-state index contributed by atoms with van der Waals surface area (Å²) < 4.78 is 0. The van der Waals surface area contributed by atoms with Gasteiger partial charge in [0.1, 0.15) is 0 Å². The number of carbonyl (C=O) groups is 1. The van der Waals surface area contributed by atoms with Crippen LogP contribution in [0.4, 0.5) is 0 Å². The molecule has 4 heteroatoms. The van der Waals surface area contributed by atoms with Gasteiger partial charge in [0.15, 0.2) is 0 Å². The van der Waals surface area contributed by atoms with Crippen molar-refractivity contribution in [1.82, 2.24) is 10.2 Å². The minimum absolute atomic E-state index is 0.155. The molecule has 86 valence electrons. The monoisotopic (exact) mass is 228 g/mol. The van der Waals surface area contributed by atoms with E-state index in [4.69, 9.17) is 0 Å². The standard InChI is InChI=1S/C11H20N2OS/c1-9-8-12-4-5-13(11(9)14)10-2-6-15-7-3-10/h9-10,12H,2-8H2,1H3. The zero-order valence-corrected chi connectivity index (χ0v) is 10.2. The smallest absolute Gasteiger partial charge is 0.226 e. The highest BCUT2D eigenvalue weighted by molar-refractivity contribution is 7.99. The van der Waals surface area contributed by atoms with Crippen molar-refractivity contribution in [2.75, 3.05) is 31.1 Å². The lowest BCUT2D eigenvalue weighted by molar-refractivity contribution is -0.136. The van der Waals surface area contributed by atoms with E-state index in [1.54, 1.807) is 0 Å². The predicted octanol–water partition coefficient (Wildman–Crippen LogP) is 0.950. The van der Waals surface area contributed by atoms with Gasteiger partial charge in [0, 0.05) is 31.6 Å². The molecule has 1 N–H and O–H groups in total. The first-order valence-electron chi connectivity index (χ1n) is 5.88. The maximum Gasteiger partial charge on any atom is 0.226 e. The van der Waals surface area contributed by atoms with Gasteiger partial charge in [0.05, 0.1) is 0 Å². The van der Waals surface area contributed by atoms with Gasteiger partial charge in [-0.3, -0.25) is 4.79 Å². The van der Waals surface area contributed by atoms with Crippen molar-refractivity contribution in [3.63, 3.8) is 0 Å². The zero-order valence-electron chi connectivity index (χ0n) is 9.37. The topological polar surface area (TPSA) is 32.3 Å². The van der Waals surface area contributed by atoms with E-state index in [0.717, 1.165) is 19.6 Å². The van der Waals surface area contributed by atoms with Crippen LogP contribution in [0.5, 0.6) is 0 Å². The highest BCUT2D eigenvalue weighted by Gasteiger charge is 2.29. The molecule has 0 radical (unpaired) electrons. The second kappa shape index (κ2) is 5.21. The SMILES string of the molecule is CC1CNCCN(C2CCSCC2)C1=O. The lowest BCUT2D eigenvalue weighted by atomic mass is 10.1. The van der Waals surface area contributed by atoms with Crippen molar-refractivity contribution in [1.29, 1.82) is 0 Å². The van der Waals surface area contributed by atoms with E-state index >= 15 is 0 Å². The van der Waals surface area contributed by atoms with Crippen LogP contribution in [0.15, 0.2) is 0 Å². The largest absolute Gasteiger partial charge is 0.338 e. The van der Waals surface area contributed by atoms with Crippen LogP contribution in [-0.4, -0.2) is 48.0 Å². The first-order chi connectivity index (χ1) is 7.29. The number of hydrogen-bond acceptors (Lipinski definition) is 3. The Morgan fingerprint density at radius 3 is 2.87 bits per heavy atom. The Morgan fingerprint density at radius 2 is 2.13 bits per heavy atom. The van der Waals surface area contributed by atoms with Crippen molar-refractivity contribution in [3.8, 4) is 0 Å². The van der Waals surface area contributed by atoms with E-state index in [0.29, 0.717) is 11.9 Å². The molecule has 2 saturated heterocycles. The minimum Gasteiger partial charge on any atom is -0.338 e. The molecular weight excluding hydrogens is 208 g/mol. The van der Waals surface area contributed by atoms with E-state index in [-0.39, 0.29) is 5.92 Å². The Kier molecular flexibility index (Phi) is 3.92. The van der Waals surface area contributed by atoms with Crippen molar-refractivity contribution in [3.05, 3.63) is 0 Å². The summed E-state index contributed by atoms with van der Waals surface area (Å²) in [5.41, 5.74) is 0. The molecule has 2 aliphatic rings.